The summed E-state index contributed by atoms with van der Waals surface area (Å²) in [5, 5.41) is 6.07. The molecule has 0 bridgehead atoms. The molecule has 3 nitrogen and oxygen atoms in total. The molecule has 0 heterocycles. The molecule has 1 fully saturated rings. The van der Waals surface area contributed by atoms with Gasteiger partial charge in [-0.1, -0.05) is 29.8 Å². The molecular weight excluding hydrogens is 292 g/mol. The maximum absolute atomic E-state index is 11.7. The highest BCUT2D eigenvalue weighted by Crippen LogP contribution is 2.50. The second-order valence-corrected chi connectivity index (χ2v) is 6.49. The van der Waals surface area contributed by atoms with Crippen molar-refractivity contribution in [2.24, 2.45) is 11.3 Å². The van der Waals surface area contributed by atoms with Crippen molar-refractivity contribution < 1.29 is 4.79 Å². The molecule has 0 aliphatic heterocycles. The summed E-state index contributed by atoms with van der Waals surface area (Å²) in [4.78, 5) is 11.7. The Kier molecular flexibility index (Phi) is 4.07. The van der Waals surface area contributed by atoms with Gasteiger partial charge in [0.2, 0.25) is 5.91 Å². The van der Waals surface area contributed by atoms with E-state index in [9.17, 15) is 4.79 Å². The van der Waals surface area contributed by atoms with Crippen molar-refractivity contribution in [3.8, 4) is 0 Å². The van der Waals surface area contributed by atoms with Crippen LogP contribution in [0.25, 0.3) is 0 Å². The summed E-state index contributed by atoms with van der Waals surface area (Å²) in [6.45, 7) is 5.84. The summed E-state index contributed by atoms with van der Waals surface area (Å²) in [6, 6.07) is 7.59. The number of halogens is 1. The average Bonchev–Trinajstić information content (AvgIpc) is 2.90. The molecule has 1 aromatic rings. The van der Waals surface area contributed by atoms with E-state index in [0.29, 0.717) is 12.0 Å². The molecule has 2 N–H and O–H groups in total. The van der Waals surface area contributed by atoms with Crippen LogP contribution in [-0.2, 0) is 4.79 Å². The molecule has 1 unspecified atom stereocenters. The van der Waals surface area contributed by atoms with Crippen LogP contribution in [-0.4, -0.2) is 19.0 Å². The van der Waals surface area contributed by atoms with Crippen LogP contribution in [0.5, 0.6) is 0 Å². The second-order valence-electron chi connectivity index (χ2n) is 5.58. The lowest BCUT2D eigenvalue weighted by molar-refractivity contribution is -0.115. The fraction of sp³-hybridized carbons (Fsp3) is 0.500. The van der Waals surface area contributed by atoms with Gasteiger partial charge in [-0.05, 0) is 48.6 Å². The van der Waals surface area contributed by atoms with Crippen molar-refractivity contribution in [3.63, 3.8) is 0 Å². The van der Waals surface area contributed by atoms with E-state index in [0.717, 1.165) is 22.6 Å². The molecule has 1 aliphatic carbocycles. The predicted molar refractivity (Wildman–Crippen MR) is 77.5 cm³/mol. The standard InChI is InChI=1S/C14H19BrN2O/c1-14(2)7-10(14)8-16-9-13(18)17-12-5-3-11(15)4-6-12/h3-6,10,16H,7-9H2,1-2H3,(H,17,18). The summed E-state index contributed by atoms with van der Waals surface area (Å²) in [5.41, 5.74) is 1.30. The third-order valence-electron chi connectivity index (χ3n) is 3.52. The van der Waals surface area contributed by atoms with Gasteiger partial charge in [-0.15, -0.1) is 0 Å². The quantitative estimate of drug-likeness (QED) is 0.877. The van der Waals surface area contributed by atoms with Gasteiger partial charge < -0.3 is 10.6 Å². The monoisotopic (exact) mass is 310 g/mol. The van der Waals surface area contributed by atoms with Gasteiger partial charge in [0.05, 0.1) is 6.54 Å². The van der Waals surface area contributed by atoms with Crippen molar-refractivity contribution in [2.75, 3.05) is 18.4 Å². The molecule has 98 valence electrons. The molecule has 18 heavy (non-hydrogen) atoms. The van der Waals surface area contributed by atoms with E-state index in [1.165, 1.54) is 6.42 Å². The number of anilines is 1. The molecule has 4 heteroatoms. The van der Waals surface area contributed by atoms with Crippen LogP contribution in [0.15, 0.2) is 28.7 Å². The summed E-state index contributed by atoms with van der Waals surface area (Å²) in [6.07, 6.45) is 1.26. The van der Waals surface area contributed by atoms with E-state index >= 15 is 0 Å². The van der Waals surface area contributed by atoms with Crippen molar-refractivity contribution in [2.45, 2.75) is 20.3 Å². The Hall–Kier alpha value is -0.870. The highest BCUT2D eigenvalue weighted by atomic mass is 79.9. The molecule has 1 aromatic carbocycles. The van der Waals surface area contributed by atoms with E-state index < -0.39 is 0 Å². The Balaban J connectivity index is 1.68. The topological polar surface area (TPSA) is 41.1 Å². The predicted octanol–water partition coefficient (Wildman–Crippen LogP) is 3.02. The third kappa shape index (κ3) is 3.82. The Labute approximate surface area is 116 Å². The first kappa shape index (κ1) is 13.6. The molecular formula is C14H19BrN2O. The zero-order chi connectivity index (χ0) is 13.2. The lowest BCUT2D eigenvalue weighted by Crippen LogP contribution is -2.30. The van der Waals surface area contributed by atoms with E-state index in [1.54, 1.807) is 0 Å². The van der Waals surface area contributed by atoms with Gasteiger partial charge >= 0.3 is 0 Å². The number of carbonyl (C=O) groups is 1. The number of benzene rings is 1. The zero-order valence-corrected chi connectivity index (χ0v) is 12.4. The first-order valence-corrected chi connectivity index (χ1v) is 7.03. The molecule has 0 spiro atoms. The summed E-state index contributed by atoms with van der Waals surface area (Å²) in [5.74, 6) is 0.730. The van der Waals surface area contributed by atoms with Gasteiger partial charge in [0.1, 0.15) is 0 Å². The fourth-order valence-corrected chi connectivity index (χ4v) is 2.29. The van der Waals surface area contributed by atoms with Gasteiger partial charge in [-0.3, -0.25) is 4.79 Å². The van der Waals surface area contributed by atoms with Gasteiger partial charge in [0.15, 0.2) is 0 Å². The maximum Gasteiger partial charge on any atom is 0.238 e. The maximum atomic E-state index is 11.7. The smallest absolute Gasteiger partial charge is 0.238 e. The Bertz CT molecular complexity index is 428. The van der Waals surface area contributed by atoms with Crippen LogP contribution in [0.1, 0.15) is 20.3 Å². The largest absolute Gasteiger partial charge is 0.325 e. The minimum absolute atomic E-state index is 0.00998. The van der Waals surface area contributed by atoms with Crippen LogP contribution >= 0.6 is 15.9 Å². The Morgan fingerprint density at radius 1 is 1.39 bits per heavy atom. The molecule has 0 aromatic heterocycles. The van der Waals surface area contributed by atoms with Crippen LogP contribution in [0.4, 0.5) is 5.69 Å². The lowest BCUT2D eigenvalue weighted by Gasteiger charge is -2.07. The second kappa shape index (κ2) is 5.41. The Morgan fingerprint density at radius 3 is 2.56 bits per heavy atom. The van der Waals surface area contributed by atoms with Gasteiger partial charge in [0, 0.05) is 10.2 Å². The highest BCUT2D eigenvalue weighted by molar-refractivity contribution is 9.10. The summed E-state index contributed by atoms with van der Waals surface area (Å²) in [7, 11) is 0. The van der Waals surface area contributed by atoms with Crippen molar-refractivity contribution in [1.82, 2.24) is 5.32 Å². The number of nitrogens with one attached hydrogen (secondary N) is 2. The van der Waals surface area contributed by atoms with E-state index in [-0.39, 0.29) is 5.91 Å². The van der Waals surface area contributed by atoms with Crippen LogP contribution in [0, 0.1) is 11.3 Å². The molecule has 1 atom stereocenters. The van der Waals surface area contributed by atoms with Crippen molar-refractivity contribution in [1.29, 1.82) is 0 Å². The first-order valence-electron chi connectivity index (χ1n) is 6.23. The normalized spacial score (nSPS) is 20.5. The van der Waals surface area contributed by atoms with Gasteiger partial charge in [-0.25, -0.2) is 0 Å². The SMILES string of the molecule is CC1(C)CC1CNCC(=O)Nc1ccc(Br)cc1. The summed E-state index contributed by atoms with van der Waals surface area (Å²) >= 11 is 3.36. The van der Waals surface area contributed by atoms with E-state index in [1.807, 2.05) is 24.3 Å². The minimum atomic E-state index is 0.00998. The van der Waals surface area contributed by atoms with Crippen molar-refractivity contribution >= 4 is 27.5 Å². The fourth-order valence-electron chi connectivity index (χ4n) is 2.02. The highest BCUT2D eigenvalue weighted by Gasteiger charge is 2.44. The number of rotatable bonds is 5. The molecule has 1 aliphatic rings. The first-order chi connectivity index (χ1) is 8.47. The van der Waals surface area contributed by atoms with Crippen LogP contribution in [0.3, 0.4) is 0 Å². The number of hydrogen-bond acceptors (Lipinski definition) is 2. The van der Waals surface area contributed by atoms with Gasteiger partial charge in [0.25, 0.3) is 0 Å². The molecule has 0 radical (unpaired) electrons. The lowest BCUT2D eigenvalue weighted by atomic mass is 10.1. The third-order valence-corrected chi connectivity index (χ3v) is 4.05. The average molecular weight is 311 g/mol. The number of hydrogen-bond donors (Lipinski definition) is 2. The molecule has 1 amide bonds. The molecule has 1 saturated carbocycles. The van der Waals surface area contributed by atoms with Crippen LogP contribution in [0.2, 0.25) is 0 Å². The van der Waals surface area contributed by atoms with E-state index in [4.69, 9.17) is 0 Å². The molecule has 0 saturated heterocycles. The van der Waals surface area contributed by atoms with Crippen molar-refractivity contribution in [3.05, 3.63) is 28.7 Å². The summed E-state index contributed by atoms with van der Waals surface area (Å²) < 4.78 is 1.01. The van der Waals surface area contributed by atoms with Gasteiger partial charge in [-0.2, -0.15) is 0 Å². The minimum Gasteiger partial charge on any atom is -0.325 e. The van der Waals surface area contributed by atoms with E-state index in [2.05, 4.69) is 40.4 Å². The zero-order valence-electron chi connectivity index (χ0n) is 10.8. The number of amides is 1. The number of carbonyl (C=O) groups excluding carboxylic acids is 1. The van der Waals surface area contributed by atoms with Crippen LogP contribution < -0.4 is 10.6 Å². The Morgan fingerprint density at radius 2 is 2.00 bits per heavy atom. The molecule has 2 rings (SSSR count).